The zero-order valence-electron chi connectivity index (χ0n) is 15.3. The highest BCUT2D eigenvalue weighted by atomic mass is 35.5. The van der Waals surface area contributed by atoms with Gasteiger partial charge in [0.25, 0.3) is 5.91 Å². The van der Waals surface area contributed by atoms with Crippen molar-refractivity contribution in [1.82, 2.24) is 19.9 Å². The smallest absolute Gasteiger partial charge is 0.361 e. The van der Waals surface area contributed by atoms with Crippen LogP contribution in [0.25, 0.3) is 5.69 Å². The van der Waals surface area contributed by atoms with Gasteiger partial charge in [0.1, 0.15) is 0 Å². The third kappa shape index (κ3) is 4.48. The third-order valence-corrected chi connectivity index (χ3v) is 4.83. The molecular weight excluding hydrogens is 386 g/mol. The van der Waals surface area contributed by atoms with Crippen molar-refractivity contribution >= 4 is 29.4 Å². The number of nitrogens with two attached hydrogens (primary N) is 1. The van der Waals surface area contributed by atoms with E-state index >= 15 is 0 Å². The van der Waals surface area contributed by atoms with Crippen molar-refractivity contribution in [2.45, 2.75) is 19.8 Å². The molecule has 0 spiro atoms. The molecule has 2 heterocycles. The van der Waals surface area contributed by atoms with Crippen LogP contribution in [0.15, 0.2) is 24.3 Å². The number of rotatable bonds is 5. The molecule has 1 aliphatic heterocycles. The Kier molecular flexibility index (Phi) is 5.93. The molecule has 0 unspecified atom stereocenters. The van der Waals surface area contributed by atoms with Crippen molar-refractivity contribution in [2.75, 3.05) is 19.7 Å². The minimum absolute atomic E-state index is 0.0280. The number of piperidine rings is 1. The maximum Gasteiger partial charge on any atom is 0.361 e. The van der Waals surface area contributed by atoms with Gasteiger partial charge in [-0.2, -0.15) is 9.90 Å². The Balaban J connectivity index is 1.58. The molecule has 148 valence electrons. The molecular formula is C18H20ClN5O4. The molecule has 1 aromatic heterocycles. The van der Waals surface area contributed by atoms with E-state index in [0.29, 0.717) is 42.3 Å². The standard InChI is InChI=1S/C18H20ClN5O4/c1-11-16(22-24(21-11)14-4-2-3-13(19)9-14)18(27)28-10-15(25)23-7-5-12(6-8-23)17(20)26/h2-4,9,12H,5-8,10H2,1H3,(H2,20,26). The minimum Gasteiger partial charge on any atom is -0.451 e. The molecule has 2 amide bonds. The maximum atomic E-state index is 12.3. The van der Waals surface area contributed by atoms with Crippen molar-refractivity contribution in [3.8, 4) is 5.69 Å². The second kappa shape index (κ2) is 8.39. The van der Waals surface area contributed by atoms with Crippen LogP contribution >= 0.6 is 11.6 Å². The first-order chi connectivity index (χ1) is 13.3. The maximum absolute atomic E-state index is 12.3. The first-order valence-corrected chi connectivity index (χ1v) is 9.17. The van der Waals surface area contributed by atoms with Gasteiger partial charge in [0.2, 0.25) is 5.91 Å². The largest absolute Gasteiger partial charge is 0.451 e. The van der Waals surface area contributed by atoms with Crippen LogP contribution in [0.5, 0.6) is 0 Å². The Morgan fingerprint density at radius 1 is 1.25 bits per heavy atom. The Labute approximate surface area is 166 Å². The summed E-state index contributed by atoms with van der Waals surface area (Å²) in [5.41, 5.74) is 6.29. The number of hydrogen-bond donors (Lipinski definition) is 1. The number of aryl methyl sites for hydroxylation is 1. The van der Waals surface area contributed by atoms with E-state index in [-0.39, 0.29) is 23.4 Å². The number of amides is 2. The first kappa shape index (κ1) is 19.8. The number of esters is 1. The van der Waals surface area contributed by atoms with Crippen molar-refractivity contribution in [2.24, 2.45) is 11.7 Å². The lowest BCUT2D eigenvalue weighted by Crippen LogP contribution is -2.43. The molecule has 28 heavy (non-hydrogen) atoms. The fourth-order valence-corrected chi connectivity index (χ4v) is 3.17. The highest BCUT2D eigenvalue weighted by Gasteiger charge is 2.27. The van der Waals surface area contributed by atoms with Crippen molar-refractivity contribution in [3.05, 3.63) is 40.7 Å². The third-order valence-electron chi connectivity index (χ3n) is 4.59. The van der Waals surface area contributed by atoms with Crippen LogP contribution in [0.1, 0.15) is 29.0 Å². The lowest BCUT2D eigenvalue weighted by atomic mass is 9.96. The van der Waals surface area contributed by atoms with Crippen LogP contribution in [0.3, 0.4) is 0 Å². The topological polar surface area (TPSA) is 120 Å². The molecule has 0 saturated carbocycles. The number of carbonyl (C=O) groups excluding carboxylic acids is 3. The molecule has 0 bridgehead atoms. The summed E-state index contributed by atoms with van der Waals surface area (Å²) in [6.07, 6.45) is 1.03. The normalized spacial score (nSPS) is 14.7. The summed E-state index contributed by atoms with van der Waals surface area (Å²) in [6.45, 7) is 2.05. The average Bonchev–Trinajstić information content (AvgIpc) is 3.07. The molecule has 0 atom stereocenters. The number of nitrogens with zero attached hydrogens (tertiary/aromatic N) is 4. The Hall–Kier alpha value is -2.94. The molecule has 10 heteroatoms. The zero-order valence-corrected chi connectivity index (χ0v) is 16.1. The number of ether oxygens (including phenoxy) is 1. The number of likely N-dealkylation sites (tertiary alicyclic amines) is 1. The van der Waals surface area contributed by atoms with E-state index in [1.54, 1.807) is 36.1 Å². The van der Waals surface area contributed by atoms with Gasteiger partial charge < -0.3 is 15.4 Å². The lowest BCUT2D eigenvalue weighted by Gasteiger charge is -2.30. The van der Waals surface area contributed by atoms with Crippen molar-refractivity contribution in [3.63, 3.8) is 0 Å². The highest BCUT2D eigenvalue weighted by molar-refractivity contribution is 6.30. The quantitative estimate of drug-likeness (QED) is 0.744. The number of halogens is 1. The summed E-state index contributed by atoms with van der Waals surface area (Å²) in [5.74, 6) is -1.62. The first-order valence-electron chi connectivity index (χ1n) is 8.79. The van der Waals surface area contributed by atoms with Crippen molar-refractivity contribution in [1.29, 1.82) is 0 Å². The van der Waals surface area contributed by atoms with Crippen LogP contribution in [-0.4, -0.2) is 57.4 Å². The molecule has 0 aliphatic carbocycles. The number of primary amides is 1. The van der Waals surface area contributed by atoms with Gasteiger partial charge in [0.05, 0.1) is 11.4 Å². The average molecular weight is 406 g/mol. The van der Waals surface area contributed by atoms with Crippen LogP contribution in [0, 0.1) is 12.8 Å². The number of hydrogen-bond acceptors (Lipinski definition) is 6. The molecule has 9 nitrogen and oxygen atoms in total. The Morgan fingerprint density at radius 3 is 2.61 bits per heavy atom. The van der Waals surface area contributed by atoms with Crippen LogP contribution < -0.4 is 5.73 Å². The predicted octanol–water partition coefficient (Wildman–Crippen LogP) is 1.11. The molecule has 1 aromatic carbocycles. The Bertz CT molecular complexity index is 905. The lowest BCUT2D eigenvalue weighted by molar-refractivity contribution is -0.137. The molecule has 1 fully saturated rings. The summed E-state index contributed by atoms with van der Waals surface area (Å²) >= 11 is 5.96. The van der Waals surface area contributed by atoms with Gasteiger partial charge in [0.15, 0.2) is 12.3 Å². The summed E-state index contributed by atoms with van der Waals surface area (Å²) < 4.78 is 5.11. The van der Waals surface area contributed by atoms with Crippen molar-refractivity contribution < 1.29 is 19.1 Å². The van der Waals surface area contributed by atoms with E-state index in [4.69, 9.17) is 22.1 Å². The summed E-state index contributed by atoms with van der Waals surface area (Å²) in [7, 11) is 0. The second-order valence-corrected chi connectivity index (χ2v) is 6.97. The minimum atomic E-state index is -0.730. The van der Waals surface area contributed by atoms with Gasteiger partial charge in [-0.1, -0.05) is 17.7 Å². The van der Waals surface area contributed by atoms with Gasteiger partial charge in [-0.3, -0.25) is 9.59 Å². The summed E-state index contributed by atoms with van der Waals surface area (Å²) in [4.78, 5) is 38.6. The van der Waals surface area contributed by atoms with E-state index in [1.807, 2.05) is 0 Å². The Morgan fingerprint density at radius 2 is 1.96 bits per heavy atom. The number of carbonyl (C=O) groups is 3. The number of benzene rings is 1. The zero-order chi connectivity index (χ0) is 20.3. The van der Waals surface area contributed by atoms with Crippen LogP contribution in [0.2, 0.25) is 5.02 Å². The fourth-order valence-electron chi connectivity index (χ4n) is 2.98. The number of aromatic nitrogens is 3. The second-order valence-electron chi connectivity index (χ2n) is 6.54. The molecule has 2 N–H and O–H groups in total. The molecule has 1 aliphatic rings. The van der Waals surface area contributed by atoms with Gasteiger partial charge >= 0.3 is 5.97 Å². The van der Waals surface area contributed by atoms with E-state index in [0.717, 1.165) is 0 Å². The van der Waals surface area contributed by atoms with E-state index in [2.05, 4.69) is 10.2 Å². The van der Waals surface area contributed by atoms with Gasteiger partial charge in [-0.05, 0) is 38.0 Å². The van der Waals surface area contributed by atoms with E-state index in [9.17, 15) is 14.4 Å². The molecule has 2 aromatic rings. The van der Waals surface area contributed by atoms with Crippen LogP contribution in [0.4, 0.5) is 0 Å². The van der Waals surface area contributed by atoms with E-state index in [1.165, 1.54) is 4.80 Å². The molecule has 3 rings (SSSR count). The van der Waals surface area contributed by atoms with Gasteiger partial charge in [0, 0.05) is 24.0 Å². The molecule has 0 radical (unpaired) electrons. The predicted molar refractivity (Wildman–Crippen MR) is 99.9 cm³/mol. The molecule has 1 saturated heterocycles. The summed E-state index contributed by atoms with van der Waals surface area (Å²) in [5, 5.41) is 8.84. The highest BCUT2D eigenvalue weighted by Crippen LogP contribution is 2.17. The van der Waals surface area contributed by atoms with Gasteiger partial charge in [-0.15, -0.1) is 5.10 Å². The van der Waals surface area contributed by atoms with Gasteiger partial charge in [-0.25, -0.2) is 4.79 Å². The monoisotopic (exact) mass is 405 g/mol. The summed E-state index contributed by atoms with van der Waals surface area (Å²) in [6, 6.07) is 6.87. The van der Waals surface area contributed by atoms with E-state index < -0.39 is 12.6 Å². The van der Waals surface area contributed by atoms with Crippen LogP contribution in [-0.2, 0) is 14.3 Å². The fraction of sp³-hybridized carbons (Fsp3) is 0.389. The SMILES string of the molecule is Cc1nn(-c2cccc(Cl)c2)nc1C(=O)OCC(=O)N1CCC(C(N)=O)CC1.